The van der Waals surface area contributed by atoms with Gasteiger partial charge in [-0.3, -0.25) is 0 Å². The Hall–Kier alpha value is -3.60. The van der Waals surface area contributed by atoms with E-state index in [0.29, 0.717) is 0 Å². The fraction of sp³-hybridized carbons (Fsp3) is 0.167. The number of hydrogen-bond acceptors (Lipinski definition) is 3. The minimum Gasteiger partial charge on any atom is -0.482 e. The summed E-state index contributed by atoms with van der Waals surface area (Å²) in [5, 5.41) is 0. The summed E-state index contributed by atoms with van der Waals surface area (Å²) in [6, 6.07) is 15.1. The second-order valence-corrected chi connectivity index (χ2v) is 7.77. The van der Waals surface area contributed by atoms with Gasteiger partial charge < -0.3 is 14.7 Å². The third-order valence-electron chi connectivity index (χ3n) is 6.09. The third-order valence-corrected chi connectivity index (χ3v) is 6.09. The molecule has 1 spiro atoms. The Morgan fingerprint density at radius 2 is 1.45 bits per heavy atom. The molecule has 1 aliphatic heterocycles. The summed E-state index contributed by atoms with van der Waals surface area (Å²) in [5.41, 5.74) is 7.73. The quantitative estimate of drug-likeness (QED) is 0.502. The molecular formula is C24H20N4O. The van der Waals surface area contributed by atoms with E-state index in [1.165, 1.54) is 17.5 Å². The van der Waals surface area contributed by atoms with Gasteiger partial charge in [0.2, 0.25) is 0 Å². The molecule has 5 heteroatoms. The lowest BCUT2D eigenvalue weighted by Crippen LogP contribution is -2.39. The van der Waals surface area contributed by atoms with Gasteiger partial charge in [-0.1, -0.05) is 36.4 Å². The van der Waals surface area contributed by atoms with Crippen LogP contribution < -0.4 is 0 Å². The van der Waals surface area contributed by atoms with E-state index in [4.69, 9.17) is 4.74 Å². The van der Waals surface area contributed by atoms with E-state index < -0.39 is 0 Å². The van der Waals surface area contributed by atoms with Gasteiger partial charge in [-0.25, -0.2) is 9.97 Å². The van der Waals surface area contributed by atoms with Gasteiger partial charge in [0.25, 0.3) is 0 Å². The van der Waals surface area contributed by atoms with E-state index in [1.54, 1.807) is 12.7 Å². The maximum Gasteiger partial charge on any atom is 0.135 e. The number of nitrogens with zero attached hydrogens (tertiary/aromatic N) is 2. The second kappa shape index (κ2) is 6.21. The highest BCUT2D eigenvalue weighted by Gasteiger charge is 2.45. The lowest BCUT2D eigenvalue weighted by molar-refractivity contribution is -0.0393. The van der Waals surface area contributed by atoms with Crippen molar-refractivity contribution in [2.45, 2.75) is 24.9 Å². The van der Waals surface area contributed by atoms with Crippen LogP contribution in [0.3, 0.4) is 0 Å². The number of aromatic amines is 2. The van der Waals surface area contributed by atoms with Crippen LogP contribution in [0.1, 0.15) is 36.0 Å². The molecule has 0 saturated heterocycles. The van der Waals surface area contributed by atoms with Gasteiger partial charge in [-0.15, -0.1) is 0 Å². The Balaban J connectivity index is 1.40. The number of rotatable bonds is 3. The molecule has 0 radical (unpaired) electrons. The van der Waals surface area contributed by atoms with Crippen LogP contribution in [0.5, 0.6) is 0 Å². The Labute approximate surface area is 168 Å². The van der Waals surface area contributed by atoms with Crippen molar-refractivity contribution >= 4 is 11.8 Å². The molecule has 2 N–H and O–H groups in total. The number of imidazole rings is 2. The molecule has 2 aromatic heterocycles. The van der Waals surface area contributed by atoms with Gasteiger partial charge in [-0.05, 0) is 42.5 Å². The summed E-state index contributed by atoms with van der Waals surface area (Å²) < 4.78 is 6.64. The monoisotopic (exact) mass is 380 g/mol. The van der Waals surface area contributed by atoms with Crippen molar-refractivity contribution in [2.75, 3.05) is 0 Å². The van der Waals surface area contributed by atoms with E-state index >= 15 is 0 Å². The van der Waals surface area contributed by atoms with Gasteiger partial charge in [0.05, 0.1) is 36.4 Å². The third kappa shape index (κ3) is 2.62. The Kier molecular flexibility index (Phi) is 3.50. The number of benzene rings is 2. The zero-order valence-electron chi connectivity index (χ0n) is 15.9. The summed E-state index contributed by atoms with van der Waals surface area (Å²) in [5.74, 6) is 0.947. The molecule has 6 rings (SSSR count). The number of nitrogens with one attached hydrogen (secondary N) is 2. The van der Waals surface area contributed by atoms with Crippen molar-refractivity contribution in [1.29, 1.82) is 0 Å². The molecule has 2 aromatic carbocycles. The van der Waals surface area contributed by atoms with Gasteiger partial charge in [0, 0.05) is 16.7 Å². The first-order valence-electron chi connectivity index (χ1n) is 9.94. The van der Waals surface area contributed by atoms with Crippen LogP contribution in [0.4, 0.5) is 0 Å². The number of H-pyrrole nitrogens is 2. The van der Waals surface area contributed by atoms with Crippen molar-refractivity contribution in [2.24, 2.45) is 0 Å². The van der Waals surface area contributed by atoms with Crippen LogP contribution in [0.15, 0.2) is 67.5 Å². The van der Waals surface area contributed by atoms with E-state index in [0.717, 1.165) is 46.7 Å². The molecule has 3 heterocycles. The molecule has 0 unspecified atom stereocenters. The second-order valence-electron chi connectivity index (χ2n) is 7.77. The lowest BCUT2D eigenvalue weighted by Gasteiger charge is -2.46. The molecule has 0 atom stereocenters. The average Bonchev–Trinajstić information content (AvgIpc) is 3.46. The lowest BCUT2D eigenvalue weighted by atomic mass is 9.71. The van der Waals surface area contributed by atoms with Crippen LogP contribution in [0.25, 0.3) is 34.3 Å². The molecule has 1 fully saturated rings. The van der Waals surface area contributed by atoms with Crippen LogP contribution in [-0.4, -0.2) is 19.9 Å². The topological polar surface area (TPSA) is 66.6 Å². The number of fused-ring (bicyclic) bond motifs is 2. The van der Waals surface area contributed by atoms with E-state index in [1.807, 2.05) is 12.4 Å². The first-order valence-corrected chi connectivity index (χ1v) is 9.94. The smallest absolute Gasteiger partial charge is 0.135 e. The minimum absolute atomic E-state index is 0.211. The minimum atomic E-state index is -0.211. The molecule has 142 valence electrons. The van der Waals surface area contributed by atoms with E-state index in [2.05, 4.69) is 68.5 Å². The normalized spacial score (nSPS) is 16.6. The largest absolute Gasteiger partial charge is 0.482 e. The summed E-state index contributed by atoms with van der Waals surface area (Å²) >= 11 is 0. The summed E-state index contributed by atoms with van der Waals surface area (Å²) in [7, 11) is 0. The Bertz CT molecular complexity index is 1180. The van der Waals surface area contributed by atoms with E-state index in [-0.39, 0.29) is 5.60 Å². The predicted molar refractivity (Wildman–Crippen MR) is 113 cm³/mol. The van der Waals surface area contributed by atoms with Crippen LogP contribution in [-0.2, 0) is 10.3 Å². The van der Waals surface area contributed by atoms with Crippen LogP contribution in [0.2, 0.25) is 0 Å². The molecule has 2 aliphatic rings. The van der Waals surface area contributed by atoms with E-state index in [9.17, 15) is 0 Å². The van der Waals surface area contributed by atoms with Crippen LogP contribution in [0, 0.1) is 0 Å². The van der Waals surface area contributed by atoms with Crippen molar-refractivity contribution in [3.05, 3.63) is 84.2 Å². The fourth-order valence-electron chi connectivity index (χ4n) is 4.33. The summed E-state index contributed by atoms with van der Waals surface area (Å²) in [4.78, 5) is 14.6. The predicted octanol–water partition coefficient (Wildman–Crippen LogP) is 5.37. The number of aromatic nitrogens is 4. The van der Waals surface area contributed by atoms with Crippen molar-refractivity contribution in [1.82, 2.24) is 19.9 Å². The van der Waals surface area contributed by atoms with Crippen LogP contribution >= 0.6 is 0 Å². The zero-order valence-corrected chi connectivity index (χ0v) is 15.9. The molecular weight excluding hydrogens is 360 g/mol. The van der Waals surface area contributed by atoms with Gasteiger partial charge in [0.15, 0.2) is 0 Å². The first-order chi connectivity index (χ1) is 14.3. The SMILES string of the molecule is C1=C(c2ccc(-c3cnc[nH]3)cc2)OC2(CCC2)c2cc(-c3cnc[nH]3)ccc21. The highest BCUT2D eigenvalue weighted by molar-refractivity contribution is 5.83. The fourth-order valence-corrected chi connectivity index (χ4v) is 4.33. The number of ether oxygens (including phenoxy) is 1. The standard InChI is InChI=1S/C24H20N4O/c1-8-24(9-1)20-10-19(22-13-26-15-28-22)7-6-18(20)11-23(29-24)17-4-2-16(3-5-17)21-12-25-14-27-21/h2-7,10-15H,1,8-9H2,(H,25,27)(H,26,28). The maximum absolute atomic E-state index is 6.64. The Morgan fingerprint density at radius 3 is 2.07 bits per heavy atom. The zero-order chi connectivity index (χ0) is 19.3. The molecule has 1 saturated carbocycles. The summed E-state index contributed by atoms with van der Waals surface area (Å²) in [6.07, 6.45) is 12.6. The Morgan fingerprint density at radius 1 is 0.793 bits per heavy atom. The van der Waals surface area contributed by atoms with Crippen molar-refractivity contribution in [3.63, 3.8) is 0 Å². The van der Waals surface area contributed by atoms with Gasteiger partial charge in [0.1, 0.15) is 11.4 Å². The highest BCUT2D eigenvalue weighted by atomic mass is 16.5. The number of hydrogen-bond donors (Lipinski definition) is 2. The highest BCUT2D eigenvalue weighted by Crippen LogP contribution is 2.52. The first kappa shape index (κ1) is 16.4. The molecule has 1 aliphatic carbocycles. The van der Waals surface area contributed by atoms with Gasteiger partial charge in [-0.2, -0.15) is 0 Å². The average molecular weight is 380 g/mol. The summed E-state index contributed by atoms with van der Waals surface area (Å²) in [6.45, 7) is 0. The van der Waals surface area contributed by atoms with Gasteiger partial charge >= 0.3 is 0 Å². The molecule has 0 bridgehead atoms. The van der Waals surface area contributed by atoms with Crippen molar-refractivity contribution < 1.29 is 4.74 Å². The van der Waals surface area contributed by atoms with Crippen molar-refractivity contribution in [3.8, 4) is 22.5 Å². The molecule has 29 heavy (non-hydrogen) atoms. The molecule has 5 nitrogen and oxygen atoms in total. The molecule has 4 aromatic rings. The molecule has 0 amide bonds. The maximum atomic E-state index is 6.64.